The third-order valence-corrected chi connectivity index (χ3v) is 5.10. The molecule has 0 aromatic heterocycles. The number of rotatable bonds is 4. The quantitative estimate of drug-likeness (QED) is 0.719. The van der Waals surface area contributed by atoms with Crippen molar-refractivity contribution >= 4 is 18.7 Å². The molecule has 1 aromatic rings. The summed E-state index contributed by atoms with van der Waals surface area (Å²) in [5, 5.41) is 0. The first kappa shape index (κ1) is 22.0. The molecule has 0 N–H and O–H groups in total. The van der Waals surface area contributed by atoms with Gasteiger partial charge in [0.25, 0.3) is 0 Å². The molecule has 2 aliphatic rings. The summed E-state index contributed by atoms with van der Waals surface area (Å²) in [6.45, 7) is 12.5. The second-order valence-corrected chi connectivity index (χ2v) is 9.82. The van der Waals surface area contributed by atoms with Gasteiger partial charge in [0.1, 0.15) is 18.0 Å². The van der Waals surface area contributed by atoms with Gasteiger partial charge in [0.2, 0.25) is 0 Å². The van der Waals surface area contributed by atoms with Gasteiger partial charge < -0.3 is 23.7 Å². The molecule has 6 nitrogen and oxygen atoms in total. The Morgan fingerprint density at radius 3 is 2.45 bits per heavy atom. The van der Waals surface area contributed by atoms with Crippen molar-refractivity contribution in [2.75, 3.05) is 26.4 Å². The minimum atomic E-state index is -0.492. The highest BCUT2D eigenvalue weighted by atomic mass is 16.6. The van der Waals surface area contributed by atoms with Crippen molar-refractivity contribution in [1.82, 2.24) is 4.90 Å². The van der Waals surface area contributed by atoms with E-state index in [9.17, 15) is 4.79 Å². The van der Waals surface area contributed by atoms with Crippen molar-refractivity contribution in [1.29, 1.82) is 0 Å². The molecule has 1 unspecified atom stereocenters. The first-order valence-corrected chi connectivity index (χ1v) is 10.6. The average Bonchev–Trinajstić information content (AvgIpc) is 2.66. The number of likely N-dealkylation sites (tertiary alicyclic amines) is 1. The minimum Gasteiger partial charge on any atom is -0.491 e. The predicted octanol–water partition coefficient (Wildman–Crippen LogP) is 3.62. The van der Waals surface area contributed by atoms with E-state index in [0.29, 0.717) is 26.4 Å². The molecule has 3 rings (SSSR count). The van der Waals surface area contributed by atoms with E-state index in [1.807, 2.05) is 49.9 Å². The van der Waals surface area contributed by atoms with Crippen LogP contribution in [0, 0.1) is 5.41 Å². The lowest BCUT2D eigenvalue weighted by atomic mass is 9.76. The van der Waals surface area contributed by atoms with E-state index < -0.39 is 5.60 Å². The van der Waals surface area contributed by atoms with Crippen LogP contribution in [0.4, 0.5) is 4.79 Å². The molecule has 1 atom stereocenters. The van der Waals surface area contributed by atoms with E-state index in [1.165, 1.54) is 0 Å². The van der Waals surface area contributed by atoms with Crippen LogP contribution in [0.2, 0.25) is 0 Å². The monoisotopic (exact) mass is 403 g/mol. The molecule has 2 fully saturated rings. The summed E-state index contributed by atoms with van der Waals surface area (Å²) in [6, 6.07) is 7.85. The Balaban J connectivity index is 1.54. The first-order chi connectivity index (χ1) is 13.6. The maximum absolute atomic E-state index is 12.5. The molecule has 2 saturated heterocycles. The van der Waals surface area contributed by atoms with Gasteiger partial charge in [0.05, 0.1) is 6.04 Å². The van der Waals surface area contributed by atoms with Gasteiger partial charge in [-0.05, 0) is 57.6 Å². The molecule has 0 spiro atoms. The number of carbonyl (C=O) groups is 1. The Kier molecular flexibility index (Phi) is 6.79. The van der Waals surface area contributed by atoms with Gasteiger partial charge in [-0.1, -0.05) is 26.0 Å². The molecule has 0 aliphatic carbocycles. The van der Waals surface area contributed by atoms with E-state index >= 15 is 0 Å². The van der Waals surface area contributed by atoms with E-state index in [1.54, 1.807) is 0 Å². The molecular formula is C22H34BNO5. The smallest absolute Gasteiger partial charge is 0.491 e. The maximum atomic E-state index is 12.5. The SMILES string of the molecule is CC1(C)COB(c2ccc(OCC3CCCCN3C(=O)OC(C)(C)C)cc2)OC1. The molecule has 1 amide bonds. The lowest BCUT2D eigenvalue weighted by Crippen LogP contribution is -2.48. The molecule has 0 bridgehead atoms. The van der Waals surface area contributed by atoms with Crippen molar-refractivity contribution in [3.8, 4) is 5.75 Å². The topological polar surface area (TPSA) is 57.2 Å². The first-order valence-electron chi connectivity index (χ1n) is 10.6. The highest BCUT2D eigenvalue weighted by Gasteiger charge is 2.33. The van der Waals surface area contributed by atoms with E-state index in [2.05, 4.69) is 13.8 Å². The number of piperidine rings is 1. The van der Waals surface area contributed by atoms with Gasteiger partial charge in [-0.25, -0.2) is 4.79 Å². The molecule has 160 valence electrons. The zero-order valence-electron chi connectivity index (χ0n) is 18.4. The van der Waals surface area contributed by atoms with Crippen LogP contribution in [-0.4, -0.2) is 56.1 Å². The second-order valence-electron chi connectivity index (χ2n) is 9.82. The van der Waals surface area contributed by atoms with Crippen LogP contribution in [0.1, 0.15) is 53.9 Å². The van der Waals surface area contributed by atoms with Crippen molar-refractivity contribution in [2.24, 2.45) is 5.41 Å². The lowest BCUT2D eigenvalue weighted by molar-refractivity contribution is 0.00360. The van der Waals surface area contributed by atoms with Crippen LogP contribution in [0.15, 0.2) is 24.3 Å². The van der Waals surface area contributed by atoms with Crippen LogP contribution in [0.3, 0.4) is 0 Å². The van der Waals surface area contributed by atoms with E-state index in [4.69, 9.17) is 18.8 Å². The number of ether oxygens (including phenoxy) is 2. The van der Waals surface area contributed by atoms with Gasteiger partial charge in [0.15, 0.2) is 0 Å². The standard InChI is InChI=1S/C22H34BNO5/c1-21(2,3)29-20(25)24-13-7-6-8-18(24)14-26-19-11-9-17(10-12-19)23-27-15-22(4,5)16-28-23/h9-12,18H,6-8,13-16H2,1-5H3. The van der Waals surface area contributed by atoms with Crippen molar-refractivity contribution < 1.29 is 23.6 Å². The number of amides is 1. The Bertz CT molecular complexity index is 675. The molecule has 1 aromatic carbocycles. The highest BCUT2D eigenvalue weighted by molar-refractivity contribution is 6.61. The van der Waals surface area contributed by atoms with Gasteiger partial charge in [0, 0.05) is 25.2 Å². The summed E-state index contributed by atoms with van der Waals surface area (Å²) < 4.78 is 23.2. The summed E-state index contributed by atoms with van der Waals surface area (Å²) >= 11 is 0. The minimum absolute atomic E-state index is 0.0329. The van der Waals surface area contributed by atoms with Crippen molar-refractivity contribution in [2.45, 2.75) is 65.5 Å². The molecule has 0 radical (unpaired) electrons. The Morgan fingerprint density at radius 1 is 1.17 bits per heavy atom. The summed E-state index contributed by atoms with van der Waals surface area (Å²) in [6.07, 6.45) is 2.77. The number of benzene rings is 1. The second kappa shape index (κ2) is 8.96. The van der Waals surface area contributed by atoms with Crippen LogP contribution >= 0.6 is 0 Å². The molecule has 29 heavy (non-hydrogen) atoms. The van der Waals surface area contributed by atoms with Crippen LogP contribution in [-0.2, 0) is 14.0 Å². The number of nitrogens with zero attached hydrogens (tertiary/aromatic N) is 1. The Hall–Kier alpha value is -1.73. The van der Waals surface area contributed by atoms with Crippen LogP contribution < -0.4 is 10.2 Å². The Morgan fingerprint density at radius 2 is 1.83 bits per heavy atom. The number of hydrogen-bond donors (Lipinski definition) is 0. The summed E-state index contributed by atoms with van der Waals surface area (Å²) in [5.41, 5.74) is 0.550. The van der Waals surface area contributed by atoms with Gasteiger partial charge in [-0.15, -0.1) is 0 Å². The molecule has 2 heterocycles. The fourth-order valence-electron chi connectivity index (χ4n) is 3.53. The van der Waals surface area contributed by atoms with Crippen LogP contribution in [0.25, 0.3) is 0 Å². The third kappa shape index (κ3) is 6.38. The van der Waals surface area contributed by atoms with Gasteiger partial charge in [-0.3, -0.25) is 0 Å². The highest BCUT2D eigenvalue weighted by Crippen LogP contribution is 2.23. The Labute approximate surface area is 175 Å². The normalized spacial score (nSPS) is 22.3. The fraction of sp³-hybridized carbons (Fsp3) is 0.682. The molecule has 7 heteroatoms. The van der Waals surface area contributed by atoms with E-state index in [0.717, 1.165) is 30.5 Å². The fourth-order valence-corrected chi connectivity index (χ4v) is 3.53. The summed E-state index contributed by atoms with van der Waals surface area (Å²) in [7, 11) is -0.321. The summed E-state index contributed by atoms with van der Waals surface area (Å²) in [4.78, 5) is 14.3. The number of hydrogen-bond acceptors (Lipinski definition) is 5. The van der Waals surface area contributed by atoms with Gasteiger partial charge in [-0.2, -0.15) is 0 Å². The molecule has 0 saturated carbocycles. The van der Waals surface area contributed by atoms with Crippen molar-refractivity contribution in [3.05, 3.63) is 24.3 Å². The zero-order valence-corrected chi connectivity index (χ0v) is 18.4. The van der Waals surface area contributed by atoms with Crippen molar-refractivity contribution in [3.63, 3.8) is 0 Å². The summed E-state index contributed by atoms with van der Waals surface area (Å²) in [5.74, 6) is 0.777. The molecule has 2 aliphatic heterocycles. The molecular weight excluding hydrogens is 369 g/mol. The van der Waals surface area contributed by atoms with Gasteiger partial charge >= 0.3 is 13.2 Å². The number of carbonyl (C=O) groups excluding carboxylic acids is 1. The predicted molar refractivity (Wildman–Crippen MR) is 114 cm³/mol. The third-order valence-electron chi connectivity index (χ3n) is 5.10. The lowest BCUT2D eigenvalue weighted by Gasteiger charge is -2.36. The average molecular weight is 403 g/mol. The van der Waals surface area contributed by atoms with Crippen LogP contribution in [0.5, 0.6) is 5.75 Å². The van der Waals surface area contributed by atoms with E-state index in [-0.39, 0.29) is 24.7 Å². The zero-order chi connectivity index (χ0) is 21.1. The largest absolute Gasteiger partial charge is 0.493 e. The maximum Gasteiger partial charge on any atom is 0.493 e.